The molecule has 0 bridgehead atoms. The van der Waals surface area contributed by atoms with Crippen LogP contribution in [0.1, 0.15) is 31.9 Å². The number of hydrogen-bond acceptors (Lipinski definition) is 5. The maximum absolute atomic E-state index is 13.4. The van der Waals surface area contributed by atoms with Gasteiger partial charge in [0.1, 0.15) is 23.5 Å². The number of carbonyl (C=O) groups excluding carboxylic acids is 3. The molecule has 0 fully saturated rings. The number of carbonyl (C=O) groups is 3. The van der Waals surface area contributed by atoms with Crippen molar-refractivity contribution in [3.8, 4) is 0 Å². The number of benzene rings is 3. The van der Waals surface area contributed by atoms with Crippen LogP contribution in [0, 0.1) is 5.82 Å². The van der Waals surface area contributed by atoms with E-state index in [4.69, 9.17) is 9.47 Å². The Hall–Kier alpha value is -3.98. The highest BCUT2D eigenvalue weighted by Crippen LogP contribution is 2.18. The Morgan fingerprint density at radius 3 is 2.24 bits per heavy atom. The molecule has 0 heterocycles. The second-order valence-corrected chi connectivity index (χ2v) is 9.90. The minimum absolute atomic E-state index is 0.111. The molecule has 0 aliphatic rings. The fourth-order valence-electron chi connectivity index (χ4n) is 3.89. The topological polar surface area (TPSA) is 106 Å². The summed E-state index contributed by atoms with van der Waals surface area (Å²) >= 11 is 0. The lowest BCUT2D eigenvalue weighted by molar-refractivity contribution is -0.130. The highest BCUT2D eigenvalue weighted by Gasteiger charge is 2.28. The van der Waals surface area contributed by atoms with Gasteiger partial charge in [0, 0.05) is 20.1 Å². The van der Waals surface area contributed by atoms with Crippen LogP contribution < -0.4 is 16.0 Å². The second-order valence-electron chi connectivity index (χ2n) is 9.90. The summed E-state index contributed by atoms with van der Waals surface area (Å²) in [4.78, 5) is 38.7. The molecule has 0 saturated carbocycles. The third-order valence-electron chi connectivity index (χ3n) is 5.66. The van der Waals surface area contributed by atoms with E-state index in [1.165, 1.54) is 19.2 Å². The minimum Gasteiger partial charge on any atom is -0.444 e. The molecule has 0 spiro atoms. The smallest absolute Gasteiger partial charge is 0.408 e. The Bertz CT molecular complexity index is 1250. The van der Waals surface area contributed by atoms with Crippen molar-refractivity contribution >= 4 is 28.7 Å². The van der Waals surface area contributed by atoms with Gasteiger partial charge in [0.05, 0.1) is 6.61 Å². The molecule has 8 nitrogen and oxygen atoms in total. The number of nitrogens with one attached hydrogen (secondary N) is 3. The van der Waals surface area contributed by atoms with Crippen molar-refractivity contribution in [2.75, 3.05) is 13.7 Å². The summed E-state index contributed by atoms with van der Waals surface area (Å²) in [6, 6.07) is 17.3. The van der Waals surface area contributed by atoms with Gasteiger partial charge in [-0.1, -0.05) is 54.6 Å². The second kappa shape index (κ2) is 13.0. The Kier molecular flexibility index (Phi) is 9.78. The van der Waals surface area contributed by atoms with Gasteiger partial charge in [-0.15, -0.1) is 0 Å². The molecular formula is C29H34FN3O5. The third-order valence-corrected chi connectivity index (χ3v) is 5.66. The Morgan fingerprint density at radius 1 is 0.868 bits per heavy atom. The molecule has 3 amide bonds. The fraction of sp³-hybridized carbons (Fsp3) is 0.345. The average Bonchev–Trinajstić information content (AvgIpc) is 2.86. The number of methoxy groups -OCH3 is 1. The van der Waals surface area contributed by atoms with E-state index in [1.54, 1.807) is 32.9 Å². The van der Waals surface area contributed by atoms with Gasteiger partial charge < -0.3 is 25.4 Å². The molecule has 202 valence electrons. The van der Waals surface area contributed by atoms with E-state index >= 15 is 0 Å². The van der Waals surface area contributed by atoms with Crippen LogP contribution in [-0.4, -0.2) is 49.3 Å². The summed E-state index contributed by atoms with van der Waals surface area (Å²) < 4.78 is 23.8. The van der Waals surface area contributed by atoms with Crippen LogP contribution >= 0.6 is 0 Å². The molecule has 0 aliphatic heterocycles. The molecule has 0 radical (unpaired) electrons. The predicted molar refractivity (Wildman–Crippen MR) is 143 cm³/mol. The fourth-order valence-corrected chi connectivity index (χ4v) is 3.89. The number of hydrogen-bond donors (Lipinski definition) is 3. The van der Waals surface area contributed by atoms with Gasteiger partial charge in [0.2, 0.25) is 11.8 Å². The summed E-state index contributed by atoms with van der Waals surface area (Å²) in [5, 5.41) is 10.2. The molecule has 0 saturated heterocycles. The molecule has 0 aliphatic carbocycles. The highest BCUT2D eigenvalue weighted by atomic mass is 19.1. The lowest BCUT2D eigenvalue weighted by atomic mass is 10.0. The number of alkyl carbamates (subject to hydrolysis) is 1. The molecule has 1 unspecified atom stereocenters. The molecule has 2 atom stereocenters. The van der Waals surface area contributed by atoms with Gasteiger partial charge in [0.15, 0.2) is 0 Å². The molecule has 3 aromatic carbocycles. The lowest BCUT2D eigenvalue weighted by Crippen LogP contribution is -2.56. The van der Waals surface area contributed by atoms with Crippen LogP contribution in [0.2, 0.25) is 0 Å². The summed E-state index contributed by atoms with van der Waals surface area (Å²) in [5.74, 6) is -1.45. The lowest BCUT2D eigenvalue weighted by Gasteiger charge is -2.25. The summed E-state index contributed by atoms with van der Waals surface area (Å²) in [6.45, 7) is 5.23. The summed E-state index contributed by atoms with van der Waals surface area (Å²) in [7, 11) is 1.39. The SMILES string of the molecule is COC[C@H](NC(=O)OC(C)(C)C)C(=O)NC(Cc1ccc(F)cc1)C(=O)NCc1cccc2ccccc12. The van der Waals surface area contributed by atoms with Crippen LogP contribution in [0.15, 0.2) is 66.7 Å². The highest BCUT2D eigenvalue weighted by molar-refractivity contribution is 5.92. The van der Waals surface area contributed by atoms with Gasteiger partial charge in [0.25, 0.3) is 0 Å². The maximum atomic E-state index is 13.4. The summed E-state index contributed by atoms with van der Waals surface area (Å²) in [5.41, 5.74) is 0.817. The quantitative estimate of drug-likeness (QED) is 0.374. The van der Waals surface area contributed by atoms with Crippen molar-refractivity contribution in [2.45, 2.75) is 51.4 Å². The normalized spacial score (nSPS) is 12.9. The van der Waals surface area contributed by atoms with Crippen molar-refractivity contribution in [2.24, 2.45) is 0 Å². The standard InChI is InChI=1S/C29H34FN3O5/c1-29(2,3)38-28(36)33-25(18-37-4)27(35)32-24(16-19-12-14-22(30)15-13-19)26(34)31-17-21-10-7-9-20-8-5-6-11-23(20)21/h5-15,24-25H,16-18H2,1-4H3,(H,31,34)(H,32,35)(H,33,36)/t24?,25-/m0/s1. The maximum Gasteiger partial charge on any atom is 0.408 e. The van der Waals surface area contributed by atoms with Gasteiger partial charge >= 0.3 is 6.09 Å². The van der Waals surface area contributed by atoms with Gasteiger partial charge in [-0.25, -0.2) is 9.18 Å². The molecule has 3 rings (SSSR count). The van der Waals surface area contributed by atoms with E-state index in [2.05, 4.69) is 16.0 Å². The van der Waals surface area contributed by atoms with Crippen LogP contribution in [-0.2, 0) is 32.0 Å². The zero-order valence-electron chi connectivity index (χ0n) is 22.0. The van der Waals surface area contributed by atoms with Crippen molar-refractivity contribution in [3.63, 3.8) is 0 Å². The van der Waals surface area contributed by atoms with Crippen LogP contribution in [0.4, 0.5) is 9.18 Å². The minimum atomic E-state index is -1.10. The Labute approximate surface area is 221 Å². The van der Waals surface area contributed by atoms with Crippen molar-refractivity contribution < 1.29 is 28.2 Å². The van der Waals surface area contributed by atoms with Crippen molar-refractivity contribution in [1.29, 1.82) is 0 Å². The Balaban J connectivity index is 1.76. The van der Waals surface area contributed by atoms with Gasteiger partial charge in [-0.3, -0.25) is 9.59 Å². The molecule has 0 aromatic heterocycles. The number of ether oxygens (including phenoxy) is 2. The van der Waals surface area contributed by atoms with E-state index in [0.29, 0.717) is 5.56 Å². The average molecular weight is 524 g/mol. The number of fused-ring (bicyclic) bond motifs is 1. The van der Waals surface area contributed by atoms with E-state index in [-0.39, 0.29) is 19.6 Å². The van der Waals surface area contributed by atoms with E-state index in [0.717, 1.165) is 16.3 Å². The van der Waals surface area contributed by atoms with Crippen LogP contribution in [0.3, 0.4) is 0 Å². The Morgan fingerprint density at radius 2 is 1.55 bits per heavy atom. The number of halogens is 1. The van der Waals surface area contributed by atoms with E-state index < -0.39 is 41.4 Å². The first-order chi connectivity index (χ1) is 18.1. The molecule has 3 N–H and O–H groups in total. The van der Waals surface area contributed by atoms with Crippen LogP contribution in [0.25, 0.3) is 10.8 Å². The van der Waals surface area contributed by atoms with Crippen molar-refractivity contribution in [3.05, 3.63) is 83.7 Å². The first kappa shape index (κ1) is 28.6. The van der Waals surface area contributed by atoms with Crippen LogP contribution in [0.5, 0.6) is 0 Å². The summed E-state index contributed by atoms with van der Waals surface area (Å²) in [6.07, 6.45) is -0.676. The number of amides is 3. The van der Waals surface area contributed by atoms with E-state index in [9.17, 15) is 18.8 Å². The molecule has 38 heavy (non-hydrogen) atoms. The first-order valence-corrected chi connectivity index (χ1v) is 12.3. The number of rotatable bonds is 10. The largest absolute Gasteiger partial charge is 0.444 e. The first-order valence-electron chi connectivity index (χ1n) is 12.3. The zero-order chi connectivity index (χ0) is 27.7. The monoisotopic (exact) mass is 523 g/mol. The van der Waals surface area contributed by atoms with Crippen molar-refractivity contribution in [1.82, 2.24) is 16.0 Å². The predicted octanol–water partition coefficient (Wildman–Crippen LogP) is 3.86. The molecule has 9 heteroatoms. The molecule has 3 aromatic rings. The van der Waals surface area contributed by atoms with Gasteiger partial charge in [-0.05, 0) is 54.8 Å². The molecular weight excluding hydrogens is 489 g/mol. The third kappa shape index (κ3) is 8.55. The van der Waals surface area contributed by atoms with E-state index in [1.807, 2.05) is 42.5 Å². The van der Waals surface area contributed by atoms with Gasteiger partial charge in [-0.2, -0.15) is 0 Å². The zero-order valence-corrected chi connectivity index (χ0v) is 22.0.